The number of aliphatic hydroxyl groups is 1. The van der Waals surface area contributed by atoms with Gasteiger partial charge in [0.05, 0.1) is 0 Å². The fourth-order valence-corrected chi connectivity index (χ4v) is 4.05. The molecule has 0 radical (unpaired) electrons. The van der Waals surface area contributed by atoms with Crippen LogP contribution >= 0.6 is 11.6 Å². The summed E-state index contributed by atoms with van der Waals surface area (Å²) >= 11 is 6.01. The van der Waals surface area contributed by atoms with Crippen LogP contribution < -0.4 is 0 Å². The number of halogens is 1. The van der Waals surface area contributed by atoms with E-state index in [0.717, 1.165) is 47.5 Å². The van der Waals surface area contributed by atoms with Gasteiger partial charge in [-0.15, -0.1) is 0 Å². The topological polar surface area (TPSA) is 23.5 Å². The molecule has 2 aromatic carbocycles. The van der Waals surface area contributed by atoms with Crippen molar-refractivity contribution in [3.63, 3.8) is 0 Å². The maximum atomic E-state index is 11.9. The quantitative estimate of drug-likeness (QED) is 0.836. The van der Waals surface area contributed by atoms with Crippen LogP contribution in [0.4, 0.5) is 0 Å². The molecule has 0 saturated heterocycles. The Hall–Kier alpha value is -1.61. The largest absolute Gasteiger partial charge is 0.380 e. The molecule has 2 nitrogen and oxygen atoms in total. The van der Waals surface area contributed by atoms with Gasteiger partial charge in [0.1, 0.15) is 5.60 Å². The van der Waals surface area contributed by atoms with Crippen LogP contribution in [0.3, 0.4) is 0 Å². The Morgan fingerprint density at radius 2 is 1.80 bits per heavy atom. The van der Waals surface area contributed by atoms with Crippen molar-refractivity contribution in [2.24, 2.45) is 5.92 Å². The first-order chi connectivity index (χ1) is 12.0. The minimum atomic E-state index is -0.927. The van der Waals surface area contributed by atoms with Crippen LogP contribution in [-0.4, -0.2) is 30.6 Å². The Labute approximate surface area is 155 Å². The van der Waals surface area contributed by atoms with Gasteiger partial charge in [-0.2, -0.15) is 0 Å². The second-order valence-electron chi connectivity index (χ2n) is 7.20. The molecular weight excluding hydrogens is 330 g/mol. The number of hydrogen-bond acceptors (Lipinski definition) is 2. The molecule has 0 heterocycles. The highest BCUT2D eigenvalue weighted by atomic mass is 35.5. The van der Waals surface area contributed by atoms with Crippen molar-refractivity contribution in [2.75, 3.05) is 20.6 Å². The van der Waals surface area contributed by atoms with E-state index in [1.165, 1.54) is 0 Å². The standard InChI is InChI=1S/C22H26ClNO/c1-24(2)16-20-10-6-9-19(15-17-11-13-21(23)14-12-17)22(20,25)18-7-4-3-5-8-18/h3-5,7-8,11-15,20,25H,6,9-10,16H2,1-2H3. The van der Waals surface area contributed by atoms with E-state index in [2.05, 4.69) is 25.1 Å². The molecule has 0 amide bonds. The third kappa shape index (κ3) is 3.98. The van der Waals surface area contributed by atoms with E-state index in [1.54, 1.807) is 0 Å². The van der Waals surface area contributed by atoms with Gasteiger partial charge >= 0.3 is 0 Å². The van der Waals surface area contributed by atoms with Gasteiger partial charge in [-0.1, -0.05) is 60.1 Å². The van der Waals surface area contributed by atoms with E-state index >= 15 is 0 Å². The number of rotatable bonds is 4. The van der Waals surface area contributed by atoms with Gasteiger partial charge in [0, 0.05) is 17.5 Å². The van der Waals surface area contributed by atoms with Crippen molar-refractivity contribution in [3.8, 4) is 0 Å². The van der Waals surface area contributed by atoms with Crippen LogP contribution in [0.1, 0.15) is 30.4 Å². The average Bonchev–Trinajstić information content (AvgIpc) is 2.61. The molecular formula is C22H26ClNO. The second-order valence-corrected chi connectivity index (χ2v) is 7.64. The van der Waals surface area contributed by atoms with E-state index in [9.17, 15) is 5.11 Å². The molecule has 2 aromatic rings. The van der Waals surface area contributed by atoms with Crippen LogP contribution in [-0.2, 0) is 5.60 Å². The maximum absolute atomic E-state index is 11.9. The first-order valence-electron chi connectivity index (χ1n) is 8.89. The van der Waals surface area contributed by atoms with Crippen LogP contribution in [0.5, 0.6) is 0 Å². The molecule has 25 heavy (non-hydrogen) atoms. The Kier molecular flexibility index (Phi) is 5.63. The zero-order valence-corrected chi connectivity index (χ0v) is 15.7. The summed E-state index contributed by atoms with van der Waals surface area (Å²) in [5, 5.41) is 12.6. The average molecular weight is 356 g/mol. The zero-order chi connectivity index (χ0) is 17.9. The van der Waals surface area contributed by atoms with Crippen LogP contribution in [0.25, 0.3) is 6.08 Å². The summed E-state index contributed by atoms with van der Waals surface area (Å²) in [7, 11) is 4.14. The lowest BCUT2D eigenvalue weighted by Crippen LogP contribution is -2.44. The number of nitrogens with zero attached hydrogens (tertiary/aromatic N) is 1. The summed E-state index contributed by atoms with van der Waals surface area (Å²) in [5.74, 6) is 0.178. The molecule has 0 aromatic heterocycles. The fourth-order valence-electron chi connectivity index (χ4n) is 3.92. The normalized spacial score (nSPS) is 25.5. The third-order valence-electron chi connectivity index (χ3n) is 5.09. The molecule has 1 saturated carbocycles. The summed E-state index contributed by atoms with van der Waals surface area (Å²) in [6.45, 7) is 0.864. The van der Waals surface area contributed by atoms with E-state index in [0.29, 0.717) is 0 Å². The molecule has 1 aliphatic rings. The Balaban J connectivity index is 2.06. The molecule has 132 valence electrons. The van der Waals surface area contributed by atoms with E-state index in [1.807, 2.05) is 54.6 Å². The predicted molar refractivity (Wildman–Crippen MR) is 106 cm³/mol. The van der Waals surface area contributed by atoms with Gasteiger partial charge in [-0.25, -0.2) is 0 Å². The molecule has 1 N–H and O–H groups in total. The minimum absolute atomic E-state index is 0.178. The van der Waals surface area contributed by atoms with Crippen molar-refractivity contribution in [1.82, 2.24) is 4.90 Å². The smallest absolute Gasteiger partial charge is 0.115 e. The Morgan fingerprint density at radius 3 is 2.44 bits per heavy atom. The Morgan fingerprint density at radius 1 is 1.12 bits per heavy atom. The van der Waals surface area contributed by atoms with E-state index in [4.69, 9.17) is 11.6 Å². The zero-order valence-electron chi connectivity index (χ0n) is 15.0. The van der Waals surface area contributed by atoms with Gasteiger partial charge in [-0.3, -0.25) is 0 Å². The molecule has 1 fully saturated rings. The first kappa shape index (κ1) is 18.2. The number of benzene rings is 2. The summed E-state index contributed by atoms with van der Waals surface area (Å²) in [5.41, 5.74) is 2.24. The number of hydrogen-bond donors (Lipinski definition) is 1. The fraction of sp³-hybridized carbons (Fsp3) is 0.364. The van der Waals surface area contributed by atoms with E-state index in [-0.39, 0.29) is 5.92 Å². The van der Waals surface area contributed by atoms with Crippen LogP contribution in [0, 0.1) is 5.92 Å². The maximum Gasteiger partial charge on any atom is 0.115 e. The van der Waals surface area contributed by atoms with Gasteiger partial charge in [0.15, 0.2) is 0 Å². The lowest BCUT2D eigenvalue weighted by Gasteiger charge is -2.44. The van der Waals surface area contributed by atoms with Crippen molar-refractivity contribution >= 4 is 17.7 Å². The predicted octanol–water partition coefficient (Wildman–Crippen LogP) is 4.97. The van der Waals surface area contributed by atoms with E-state index < -0.39 is 5.60 Å². The molecule has 0 spiro atoms. The third-order valence-corrected chi connectivity index (χ3v) is 5.34. The highest BCUT2D eigenvalue weighted by Crippen LogP contribution is 2.46. The highest BCUT2D eigenvalue weighted by molar-refractivity contribution is 6.30. The summed E-state index contributed by atoms with van der Waals surface area (Å²) in [6.07, 6.45) is 5.19. The van der Waals surface area contributed by atoms with Crippen molar-refractivity contribution in [3.05, 3.63) is 76.3 Å². The molecule has 3 heteroatoms. The molecule has 0 aliphatic heterocycles. The highest BCUT2D eigenvalue weighted by Gasteiger charge is 2.43. The molecule has 2 atom stereocenters. The minimum Gasteiger partial charge on any atom is -0.380 e. The molecule has 3 rings (SSSR count). The van der Waals surface area contributed by atoms with Gasteiger partial charge in [0.2, 0.25) is 0 Å². The molecule has 0 bridgehead atoms. The van der Waals surface area contributed by atoms with Crippen molar-refractivity contribution in [2.45, 2.75) is 24.9 Å². The molecule has 1 aliphatic carbocycles. The van der Waals surface area contributed by atoms with Crippen LogP contribution in [0.2, 0.25) is 5.02 Å². The monoisotopic (exact) mass is 355 g/mol. The SMILES string of the molecule is CN(C)CC1CCCC(=Cc2ccc(Cl)cc2)C1(O)c1ccccc1. The second kappa shape index (κ2) is 7.74. The first-order valence-corrected chi connectivity index (χ1v) is 9.27. The van der Waals surface area contributed by atoms with Crippen molar-refractivity contribution in [1.29, 1.82) is 0 Å². The van der Waals surface area contributed by atoms with Gasteiger partial charge in [0.25, 0.3) is 0 Å². The summed E-state index contributed by atoms with van der Waals surface area (Å²) in [4.78, 5) is 2.17. The molecule has 2 unspecified atom stereocenters. The summed E-state index contributed by atoms with van der Waals surface area (Å²) < 4.78 is 0. The Bertz CT molecular complexity index is 723. The van der Waals surface area contributed by atoms with Crippen LogP contribution in [0.15, 0.2) is 60.2 Å². The summed E-state index contributed by atoms with van der Waals surface area (Å²) in [6, 6.07) is 17.9. The lowest BCUT2D eigenvalue weighted by atomic mass is 9.67. The van der Waals surface area contributed by atoms with Gasteiger partial charge in [-0.05, 0) is 62.2 Å². The van der Waals surface area contributed by atoms with Gasteiger partial charge < -0.3 is 10.0 Å². The van der Waals surface area contributed by atoms with Crippen molar-refractivity contribution < 1.29 is 5.11 Å². The lowest BCUT2D eigenvalue weighted by molar-refractivity contribution is -0.0174.